The number of ether oxygens (including phenoxy) is 1. The van der Waals surface area contributed by atoms with Crippen LogP contribution in [0.5, 0.6) is 5.75 Å². The molecule has 0 unspecified atom stereocenters. The van der Waals surface area contributed by atoms with Crippen LogP contribution in [-0.2, 0) is 9.59 Å². The molecule has 0 radical (unpaired) electrons. The molecule has 0 aliphatic carbocycles. The molecular formula is C15H15BrN2O4. The Morgan fingerprint density at radius 2 is 1.73 bits per heavy atom. The average Bonchev–Trinajstić information content (AvgIpc) is 2.51. The standard InChI is InChI=1S/C15H15BrN2O4/c1-4-22-10-5-6-12(16)9(7-10)8-11-13(19)17(2)15(21)18(3)14(11)20/h5-8H,4H2,1-3H3. The van der Waals surface area contributed by atoms with Crippen molar-refractivity contribution in [3.05, 3.63) is 33.8 Å². The van der Waals surface area contributed by atoms with Crippen molar-refractivity contribution in [2.45, 2.75) is 6.92 Å². The molecule has 0 atom stereocenters. The topological polar surface area (TPSA) is 66.9 Å². The van der Waals surface area contributed by atoms with Gasteiger partial charge in [0.1, 0.15) is 11.3 Å². The van der Waals surface area contributed by atoms with E-state index in [1.807, 2.05) is 6.92 Å². The average molecular weight is 367 g/mol. The number of rotatable bonds is 3. The number of hydrogen-bond acceptors (Lipinski definition) is 4. The van der Waals surface area contributed by atoms with Gasteiger partial charge in [-0.15, -0.1) is 0 Å². The highest BCUT2D eigenvalue weighted by Crippen LogP contribution is 2.26. The fraction of sp³-hybridized carbons (Fsp3) is 0.267. The minimum Gasteiger partial charge on any atom is -0.494 e. The summed E-state index contributed by atoms with van der Waals surface area (Å²) in [5.41, 5.74) is 0.553. The molecule has 1 fully saturated rings. The number of benzene rings is 1. The minimum atomic E-state index is -0.644. The Kier molecular flexibility index (Phi) is 4.65. The van der Waals surface area contributed by atoms with Crippen LogP contribution in [0.15, 0.2) is 28.2 Å². The molecule has 4 amide bonds. The van der Waals surface area contributed by atoms with E-state index in [1.54, 1.807) is 18.2 Å². The van der Waals surface area contributed by atoms with Gasteiger partial charge in [0.05, 0.1) is 6.61 Å². The fourth-order valence-electron chi connectivity index (χ4n) is 2.02. The highest BCUT2D eigenvalue weighted by atomic mass is 79.9. The van der Waals surface area contributed by atoms with Gasteiger partial charge in [-0.1, -0.05) is 15.9 Å². The largest absolute Gasteiger partial charge is 0.494 e. The zero-order valence-electron chi connectivity index (χ0n) is 12.4. The number of halogens is 1. The molecule has 0 bridgehead atoms. The van der Waals surface area contributed by atoms with Crippen LogP contribution < -0.4 is 4.74 Å². The second kappa shape index (κ2) is 6.31. The van der Waals surface area contributed by atoms with E-state index in [4.69, 9.17) is 4.74 Å². The van der Waals surface area contributed by atoms with Crippen molar-refractivity contribution in [1.29, 1.82) is 0 Å². The molecule has 0 N–H and O–H groups in total. The van der Waals surface area contributed by atoms with Crippen LogP contribution in [0.1, 0.15) is 12.5 Å². The second-order valence-corrected chi connectivity index (χ2v) is 5.54. The molecule has 2 rings (SSSR count). The third-order valence-corrected chi connectivity index (χ3v) is 3.94. The van der Waals surface area contributed by atoms with Gasteiger partial charge in [-0.3, -0.25) is 19.4 Å². The summed E-state index contributed by atoms with van der Waals surface area (Å²) in [6.07, 6.45) is 1.46. The number of carbonyl (C=O) groups excluding carboxylic acids is 3. The van der Waals surface area contributed by atoms with Crippen molar-refractivity contribution in [2.75, 3.05) is 20.7 Å². The van der Waals surface area contributed by atoms with Crippen molar-refractivity contribution in [3.8, 4) is 5.75 Å². The van der Waals surface area contributed by atoms with Gasteiger partial charge in [0.2, 0.25) is 0 Å². The van der Waals surface area contributed by atoms with Gasteiger partial charge in [0.15, 0.2) is 0 Å². The molecule has 0 saturated carbocycles. The molecule has 1 aliphatic rings. The van der Waals surface area contributed by atoms with Gasteiger partial charge in [-0.25, -0.2) is 4.79 Å². The number of urea groups is 1. The third-order valence-electron chi connectivity index (χ3n) is 3.22. The molecule has 0 aromatic heterocycles. The monoisotopic (exact) mass is 366 g/mol. The highest BCUT2D eigenvalue weighted by Gasteiger charge is 2.37. The van der Waals surface area contributed by atoms with Crippen LogP contribution in [0, 0.1) is 0 Å². The van der Waals surface area contributed by atoms with E-state index in [1.165, 1.54) is 20.2 Å². The molecule has 1 aromatic rings. The summed E-state index contributed by atoms with van der Waals surface area (Å²) < 4.78 is 6.12. The maximum absolute atomic E-state index is 12.2. The number of hydrogen-bond donors (Lipinski definition) is 0. The van der Waals surface area contributed by atoms with Crippen molar-refractivity contribution in [3.63, 3.8) is 0 Å². The van der Waals surface area contributed by atoms with Gasteiger partial charge < -0.3 is 4.74 Å². The first kappa shape index (κ1) is 16.2. The van der Waals surface area contributed by atoms with E-state index in [2.05, 4.69) is 15.9 Å². The summed E-state index contributed by atoms with van der Waals surface area (Å²) in [6, 6.07) is 4.63. The molecular weight excluding hydrogens is 352 g/mol. The van der Waals surface area contributed by atoms with Gasteiger partial charge in [-0.2, -0.15) is 0 Å². The third kappa shape index (κ3) is 2.89. The van der Waals surface area contributed by atoms with Gasteiger partial charge >= 0.3 is 6.03 Å². The summed E-state index contributed by atoms with van der Waals surface area (Å²) in [6.45, 7) is 2.37. The summed E-state index contributed by atoms with van der Waals surface area (Å²) in [7, 11) is 2.68. The first-order valence-electron chi connectivity index (χ1n) is 6.61. The highest BCUT2D eigenvalue weighted by molar-refractivity contribution is 9.10. The summed E-state index contributed by atoms with van der Waals surface area (Å²) in [5.74, 6) is -0.616. The van der Waals surface area contributed by atoms with Crippen LogP contribution in [0.4, 0.5) is 4.79 Å². The number of barbiturate groups is 1. The number of likely N-dealkylation sites (N-methyl/N-ethyl adjacent to an activating group) is 2. The summed E-state index contributed by atoms with van der Waals surface area (Å²) >= 11 is 3.37. The first-order chi connectivity index (χ1) is 10.4. The molecule has 1 saturated heterocycles. The Bertz CT molecular complexity index is 658. The maximum Gasteiger partial charge on any atom is 0.333 e. The van der Waals surface area contributed by atoms with Crippen LogP contribution in [-0.4, -0.2) is 48.3 Å². The van der Waals surface area contributed by atoms with E-state index < -0.39 is 17.8 Å². The normalized spacial score (nSPS) is 15.5. The van der Waals surface area contributed by atoms with Crippen LogP contribution in [0.2, 0.25) is 0 Å². The van der Waals surface area contributed by atoms with Gasteiger partial charge in [-0.05, 0) is 36.8 Å². The Morgan fingerprint density at radius 3 is 2.27 bits per heavy atom. The second-order valence-electron chi connectivity index (χ2n) is 4.69. The summed E-state index contributed by atoms with van der Waals surface area (Å²) in [5, 5.41) is 0. The predicted octanol–water partition coefficient (Wildman–Crippen LogP) is 2.28. The van der Waals surface area contributed by atoms with E-state index in [-0.39, 0.29) is 5.57 Å². The van der Waals surface area contributed by atoms with Gasteiger partial charge in [0, 0.05) is 18.6 Å². The molecule has 116 valence electrons. The lowest BCUT2D eigenvalue weighted by atomic mass is 10.1. The number of nitrogens with zero attached hydrogens (tertiary/aromatic N) is 2. The lowest BCUT2D eigenvalue weighted by Gasteiger charge is -2.28. The first-order valence-corrected chi connectivity index (χ1v) is 7.40. The van der Waals surface area contributed by atoms with E-state index >= 15 is 0 Å². The van der Waals surface area contributed by atoms with E-state index in [0.29, 0.717) is 22.4 Å². The molecule has 22 heavy (non-hydrogen) atoms. The zero-order valence-corrected chi connectivity index (χ0v) is 14.0. The van der Waals surface area contributed by atoms with Crippen LogP contribution >= 0.6 is 15.9 Å². The Balaban J connectivity index is 2.47. The quantitative estimate of drug-likeness (QED) is 0.607. The molecule has 1 aromatic carbocycles. The molecule has 6 nitrogen and oxygen atoms in total. The minimum absolute atomic E-state index is 0.0704. The van der Waals surface area contributed by atoms with Crippen LogP contribution in [0.3, 0.4) is 0 Å². The smallest absolute Gasteiger partial charge is 0.333 e. The van der Waals surface area contributed by atoms with E-state index in [0.717, 1.165) is 9.80 Å². The SMILES string of the molecule is CCOc1ccc(Br)c(C=C2C(=O)N(C)C(=O)N(C)C2=O)c1. The zero-order chi connectivity index (χ0) is 16.4. The fourth-order valence-corrected chi connectivity index (χ4v) is 2.38. The molecule has 1 heterocycles. The van der Waals surface area contributed by atoms with E-state index in [9.17, 15) is 14.4 Å². The van der Waals surface area contributed by atoms with Crippen molar-refractivity contribution >= 4 is 39.9 Å². The van der Waals surface area contributed by atoms with Crippen molar-refractivity contribution < 1.29 is 19.1 Å². The number of amides is 4. The Labute approximate surface area is 136 Å². The lowest BCUT2D eigenvalue weighted by Crippen LogP contribution is -2.52. The molecule has 1 aliphatic heterocycles. The maximum atomic E-state index is 12.2. The molecule has 7 heteroatoms. The Hall–Kier alpha value is -2.15. The summed E-state index contributed by atoms with van der Waals surface area (Å²) in [4.78, 5) is 37.8. The lowest BCUT2D eigenvalue weighted by molar-refractivity contribution is -0.134. The Morgan fingerprint density at radius 1 is 1.14 bits per heavy atom. The molecule has 0 spiro atoms. The van der Waals surface area contributed by atoms with Crippen molar-refractivity contribution in [1.82, 2.24) is 9.80 Å². The van der Waals surface area contributed by atoms with Crippen molar-refractivity contribution in [2.24, 2.45) is 0 Å². The van der Waals surface area contributed by atoms with Crippen LogP contribution in [0.25, 0.3) is 6.08 Å². The number of carbonyl (C=O) groups is 3. The number of imide groups is 2. The van der Waals surface area contributed by atoms with Gasteiger partial charge in [0.25, 0.3) is 11.8 Å². The predicted molar refractivity (Wildman–Crippen MR) is 84.2 cm³/mol.